The zero-order valence-corrected chi connectivity index (χ0v) is 17.7. The first-order valence-corrected chi connectivity index (χ1v) is 10.3. The average molecular weight is 434 g/mol. The SMILES string of the molecule is Cc1cccc2c1C(O)OC(c1cccnc1OCCOCCOCCOCCO)N2. The minimum absolute atomic E-state index is 0.0115. The summed E-state index contributed by atoms with van der Waals surface area (Å²) in [5.41, 5.74) is 3.21. The highest BCUT2D eigenvalue weighted by molar-refractivity contribution is 5.57. The number of hydrogen-bond acceptors (Lipinski definition) is 9. The van der Waals surface area contributed by atoms with Crippen LogP contribution in [-0.4, -0.2) is 68.1 Å². The van der Waals surface area contributed by atoms with E-state index in [1.165, 1.54) is 0 Å². The molecule has 31 heavy (non-hydrogen) atoms. The molecule has 0 saturated carbocycles. The van der Waals surface area contributed by atoms with Gasteiger partial charge in [-0.15, -0.1) is 0 Å². The minimum atomic E-state index is -1.03. The van der Waals surface area contributed by atoms with Crippen molar-refractivity contribution in [2.75, 3.05) is 58.2 Å². The van der Waals surface area contributed by atoms with Crippen LogP contribution in [-0.2, 0) is 18.9 Å². The normalized spacial score (nSPS) is 17.8. The molecule has 0 aliphatic carbocycles. The van der Waals surface area contributed by atoms with Crippen LogP contribution >= 0.6 is 0 Å². The molecule has 0 saturated heterocycles. The highest BCUT2D eigenvalue weighted by Gasteiger charge is 2.29. The Morgan fingerprint density at radius 1 is 0.968 bits per heavy atom. The summed E-state index contributed by atoms with van der Waals surface area (Å²) in [6, 6.07) is 9.42. The number of aryl methyl sites for hydroxylation is 1. The van der Waals surface area contributed by atoms with Gasteiger partial charge in [-0.05, 0) is 30.7 Å². The fourth-order valence-electron chi connectivity index (χ4n) is 3.18. The lowest BCUT2D eigenvalue weighted by Crippen LogP contribution is -2.25. The molecule has 1 aliphatic heterocycles. The topological polar surface area (TPSA) is 112 Å². The van der Waals surface area contributed by atoms with E-state index in [0.29, 0.717) is 57.7 Å². The van der Waals surface area contributed by atoms with E-state index in [0.717, 1.165) is 16.8 Å². The lowest BCUT2D eigenvalue weighted by molar-refractivity contribution is -0.140. The van der Waals surface area contributed by atoms with Crippen molar-refractivity contribution >= 4 is 5.69 Å². The molecule has 0 spiro atoms. The molecule has 9 heteroatoms. The van der Waals surface area contributed by atoms with E-state index in [-0.39, 0.29) is 6.61 Å². The molecular formula is C22H30N2O7. The first kappa shape index (κ1) is 23.4. The Hall–Kier alpha value is -2.27. The number of fused-ring (bicyclic) bond motifs is 1. The maximum absolute atomic E-state index is 10.5. The number of nitrogens with one attached hydrogen (secondary N) is 1. The summed E-state index contributed by atoms with van der Waals surface area (Å²) in [5.74, 6) is 0.421. The minimum Gasteiger partial charge on any atom is -0.475 e. The average Bonchev–Trinajstić information content (AvgIpc) is 2.77. The second-order valence-corrected chi connectivity index (χ2v) is 6.86. The third kappa shape index (κ3) is 6.86. The van der Waals surface area contributed by atoms with Crippen LogP contribution in [0.1, 0.15) is 29.2 Å². The first-order chi connectivity index (χ1) is 15.2. The first-order valence-electron chi connectivity index (χ1n) is 10.3. The summed E-state index contributed by atoms with van der Waals surface area (Å²) in [7, 11) is 0. The Morgan fingerprint density at radius 2 is 1.68 bits per heavy atom. The van der Waals surface area contributed by atoms with Gasteiger partial charge in [0, 0.05) is 17.4 Å². The van der Waals surface area contributed by atoms with Gasteiger partial charge in [0.2, 0.25) is 5.88 Å². The number of hydrogen-bond donors (Lipinski definition) is 3. The predicted molar refractivity (Wildman–Crippen MR) is 113 cm³/mol. The van der Waals surface area contributed by atoms with Gasteiger partial charge in [-0.1, -0.05) is 12.1 Å². The fourth-order valence-corrected chi connectivity index (χ4v) is 3.18. The number of ether oxygens (including phenoxy) is 5. The van der Waals surface area contributed by atoms with E-state index >= 15 is 0 Å². The summed E-state index contributed by atoms with van der Waals surface area (Å²) in [6.07, 6.45) is 0.0206. The summed E-state index contributed by atoms with van der Waals surface area (Å²) in [5, 5.41) is 22.4. The third-order valence-corrected chi connectivity index (χ3v) is 4.65. The molecule has 1 aromatic heterocycles. The smallest absolute Gasteiger partial charge is 0.221 e. The van der Waals surface area contributed by atoms with Gasteiger partial charge in [0.1, 0.15) is 6.61 Å². The second kappa shape index (κ2) is 12.6. The van der Waals surface area contributed by atoms with E-state index in [9.17, 15) is 5.11 Å². The van der Waals surface area contributed by atoms with Crippen LogP contribution < -0.4 is 10.1 Å². The van der Waals surface area contributed by atoms with Gasteiger partial charge in [0.05, 0.1) is 51.8 Å². The molecular weight excluding hydrogens is 404 g/mol. The van der Waals surface area contributed by atoms with Crippen LogP contribution in [0.15, 0.2) is 36.5 Å². The van der Waals surface area contributed by atoms with E-state index < -0.39 is 12.5 Å². The molecule has 0 radical (unpaired) electrons. The molecule has 0 bridgehead atoms. The number of nitrogens with zero attached hydrogens (tertiary/aromatic N) is 1. The van der Waals surface area contributed by atoms with Gasteiger partial charge in [0.25, 0.3) is 0 Å². The molecule has 2 atom stereocenters. The molecule has 1 aromatic carbocycles. The van der Waals surface area contributed by atoms with Crippen molar-refractivity contribution in [1.29, 1.82) is 0 Å². The largest absolute Gasteiger partial charge is 0.475 e. The van der Waals surface area contributed by atoms with Gasteiger partial charge in [-0.2, -0.15) is 0 Å². The molecule has 3 N–H and O–H groups in total. The van der Waals surface area contributed by atoms with Gasteiger partial charge in [0.15, 0.2) is 12.5 Å². The van der Waals surface area contributed by atoms with E-state index in [1.54, 1.807) is 12.3 Å². The summed E-state index contributed by atoms with van der Waals surface area (Å²) in [4.78, 5) is 4.30. The van der Waals surface area contributed by atoms with Crippen LogP contribution in [0.5, 0.6) is 5.88 Å². The number of anilines is 1. The Bertz CT molecular complexity index is 805. The Balaban J connectivity index is 1.43. The van der Waals surface area contributed by atoms with Gasteiger partial charge < -0.3 is 39.2 Å². The van der Waals surface area contributed by atoms with Crippen molar-refractivity contribution in [3.8, 4) is 5.88 Å². The van der Waals surface area contributed by atoms with E-state index in [4.69, 9.17) is 28.8 Å². The molecule has 2 unspecified atom stereocenters. The lowest BCUT2D eigenvalue weighted by Gasteiger charge is -2.32. The number of aromatic nitrogens is 1. The standard InChI is InChI=1S/C22H30N2O7/c1-16-4-2-6-18-19(16)22(26)31-21(24-18)17-5-3-7-23-20(17)30-15-14-29-13-12-28-11-10-27-9-8-25/h2-7,21-22,24-26H,8-15H2,1H3. The van der Waals surface area contributed by atoms with Crippen molar-refractivity contribution in [2.24, 2.45) is 0 Å². The van der Waals surface area contributed by atoms with Crippen molar-refractivity contribution < 1.29 is 33.9 Å². The Kier molecular flexibility index (Phi) is 9.47. The number of benzene rings is 1. The van der Waals surface area contributed by atoms with Crippen LogP contribution in [0.2, 0.25) is 0 Å². The zero-order chi connectivity index (χ0) is 21.9. The highest BCUT2D eigenvalue weighted by atomic mass is 16.6. The van der Waals surface area contributed by atoms with Crippen molar-refractivity contribution in [3.63, 3.8) is 0 Å². The monoisotopic (exact) mass is 434 g/mol. The summed E-state index contributed by atoms with van der Waals surface area (Å²) >= 11 is 0. The predicted octanol–water partition coefficient (Wildman–Crippen LogP) is 1.94. The van der Waals surface area contributed by atoms with Gasteiger partial charge in [-0.25, -0.2) is 4.98 Å². The maximum Gasteiger partial charge on any atom is 0.221 e. The zero-order valence-electron chi connectivity index (χ0n) is 17.7. The fraction of sp³-hybridized carbons (Fsp3) is 0.500. The van der Waals surface area contributed by atoms with Crippen molar-refractivity contribution in [2.45, 2.75) is 19.4 Å². The molecule has 2 aromatic rings. The van der Waals surface area contributed by atoms with Crippen molar-refractivity contribution in [1.82, 2.24) is 4.98 Å². The molecule has 2 heterocycles. The molecule has 0 amide bonds. The molecule has 1 aliphatic rings. The molecule has 0 fully saturated rings. The van der Waals surface area contributed by atoms with Crippen LogP contribution in [0.4, 0.5) is 5.69 Å². The Labute approximate surface area is 181 Å². The van der Waals surface area contributed by atoms with E-state index in [2.05, 4.69) is 10.3 Å². The summed E-state index contributed by atoms with van der Waals surface area (Å²) in [6.45, 7) is 4.75. The van der Waals surface area contributed by atoms with E-state index in [1.807, 2.05) is 31.2 Å². The number of pyridine rings is 1. The molecule has 170 valence electrons. The van der Waals surface area contributed by atoms with Crippen LogP contribution in [0.3, 0.4) is 0 Å². The number of aliphatic hydroxyl groups excluding tert-OH is 2. The Morgan fingerprint density at radius 3 is 2.42 bits per heavy atom. The van der Waals surface area contributed by atoms with Crippen molar-refractivity contribution in [3.05, 3.63) is 53.2 Å². The maximum atomic E-state index is 10.5. The van der Waals surface area contributed by atoms with Gasteiger partial charge >= 0.3 is 0 Å². The quantitative estimate of drug-likeness (QED) is 0.407. The second-order valence-electron chi connectivity index (χ2n) is 6.86. The number of aliphatic hydroxyl groups is 2. The van der Waals surface area contributed by atoms with Crippen LogP contribution in [0, 0.1) is 6.92 Å². The molecule has 3 rings (SSSR count). The lowest BCUT2D eigenvalue weighted by atomic mass is 10.0. The number of rotatable bonds is 13. The molecule has 9 nitrogen and oxygen atoms in total. The summed E-state index contributed by atoms with van der Waals surface area (Å²) < 4.78 is 27.5. The highest BCUT2D eigenvalue weighted by Crippen LogP contribution is 2.39. The van der Waals surface area contributed by atoms with Gasteiger partial charge in [-0.3, -0.25) is 0 Å². The van der Waals surface area contributed by atoms with Crippen LogP contribution in [0.25, 0.3) is 0 Å². The third-order valence-electron chi connectivity index (χ3n) is 4.65.